The minimum absolute atomic E-state index is 0.177. The molecular formula is C9H21O6P2Si. The van der Waals surface area contributed by atoms with E-state index in [2.05, 4.69) is 10.2 Å². The summed E-state index contributed by atoms with van der Waals surface area (Å²) < 4.78 is 20.5. The molecule has 0 aliphatic rings. The van der Waals surface area contributed by atoms with Crippen LogP contribution in [0.4, 0.5) is 0 Å². The molecule has 0 spiro atoms. The predicted molar refractivity (Wildman–Crippen MR) is 69.9 cm³/mol. The Kier molecular flexibility index (Phi) is 9.31. The molecule has 0 saturated heterocycles. The van der Waals surface area contributed by atoms with Crippen molar-refractivity contribution in [2.24, 2.45) is 0 Å². The van der Waals surface area contributed by atoms with Gasteiger partial charge in [-0.2, -0.15) is 0 Å². The smallest absolute Gasteiger partial charge is 0.277 e. The van der Waals surface area contributed by atoms with Gasteiger partial charge in [-0.15, -0.1) is 0 Å². The van der Waals surface area contributed by atoms with Crippen LogP contribution in [0.25, 0.3) is 0 Å². The Labute approximate surface area is 114 Å². The van der Waals surface area contributed by atoms with Crippen molar-refractivity contribution in [2.45, 2.75) is 32.7 Å². The number of hydrogen-bond acceptors (Lipinski definition) is 6. The van der Waals surface area contributed by atoms with E-state index in [0.29, 0.717) is 0 Å². The molecule has 18 heavy (non-hydrogen) atoms. The largest absolute Gasteiger partial charge is 0.629 e. The lowest BCUT2D eigenvalue weighted by Crippen LogP contribution is -2.36. The Bertz CT molecular complexity index is 199. The van der Waals surface area contributed by atoms with E-state index in [1.54, 1.807) is 27.7 Å². The van der Waals surface area contributed by atoms with Crippen molar-refractivity contribution in [3.63, 3.8) is 0 Å². The Morgan fingerprint density at radius 2 is 1.00 bits per heavy atom. The summed E-state index contributed by atoms with van der Waals surface area (Å²) in [6.07, 6.45) is 0. The quantitative estimate of drug-likeness (QED) is 0.439. The normalized spacial score (nSPS) is 13.3. The first kappa shape index (κ1) is 18.8. The third kappa shape index (κ3) is 5.08. The highest BCUT2D eigenvalue weighted by atomic mass is 31.3. The minimum atomic E-state index is -3.59. The molecule has 9 heteroatoms. The van der Waals surface area contributed by atoms with Gasteiger partial charge in [-0.1, -0.05) is 0 Å². The van der Waals surface area contributed by atoms with Gasteiger partial charge in [0, 0.05) is 0 Å². The van der Waals surface area contributed by atoms with Crippen LogP contribution >= 0.6 is 15.9 Å². The van der Waals surface area contributed by atoms with E-state index in [4.69, 9.17) is 18.1 Å². The van der Waals surface area contributed by atoms with Gasteiger partial charge in [0.05, 0.1) is 26.4 Å². The summed E-state index contributed by atoms with van der Waals surface area (Å²) in [5.41, 5.74) is 0. The highest BCUT2D eigenvalue weighted by Crippen LogP contribution is 2.73. The van der Waals surface area contributed by atoms with E-state index in [1.807, 2.05) is 0 Å². The highest BCUT2D eigenvalue weighted by molar-refractivity contribution is 7.80. The van der Waals surface area contributed by atoms with Crippen molar-refractivity contribution in [3.8, 4) is 0 Å². The molecular weight excluding hydrogens is 294 g/mol. The Hall–Kier alpha value is 0.837. The van der Waals surface area contributed by atoms with Gasteiger partial charge in [-0.25, -0.2) is 18.1 Å². The summed E-state index contributed by atoms with van der Waals surface area (Å²) in [6.45, 7) is 7.42. The zero-order valence-electron chi connectivity index (χ0n) is 11.2. The lowest BCUT2D eigenvalue weighted by molar-refractivity contribution is -0.230. The third-order valence-electron chi connectivity index (χ3n) is 1.84. The summed E-state index contributed by atoms with van der Waals surface area (Å²) in [5, 5.41) is -1.13. The zero-order chi connectivity index (χ0) is 14.2. The first-order valence-electron chi connectivity index (χ1n) is 5.88. The van der Waals surface area contributed by atoms with Crippen LogP contribution in [0.1, 0.15) is 27.7 Å². The van der Waals surface area contributed by atoms with Gasteiger partial charge in [-0.05, 0) is 27.7 Å². The Balaban J connectivity index is 5.04. The van der Waals surface area contributed by atoms with E-state index in [9.17, 15) is 9.79 Å². The maximum atomic E-state index is 12.5. The SMILES string of the molecule is CCO[P+]([O-])(OCC)C([Si])[P+]([O-])(OCC)OCC. The van der Waals surface area contributed by atoms with Gasteiger partial charge < -0.3 is 9.79 Å². The van der Waals surface area contributed by atoms with E-state index >= 15 is 0 Å². The molecule has 0 unspecified atom stereocenters. The van der Waals surface area contributed by atoms with Crippen LogP contribution in [0, 0.1) is 0 Å². The van der Waals surface area contributed by atoms with Crippen molar-refractivity contribution < 1.29 is 27.9 Å². The van der Waals surface area contributed by atoms with Crippen LogP contribution in [0.5, 0.6) is 0 Å². The Morgan fingerprint density at radius 1 is 0.778 bits per heavy atom. The average molecular weight is 315 g/mol. The van der Waals surface area contributed by atoms with E-state index in [-0.39, 0.29) is 26.4 Å². The summed E-state index contributed by atoms with van der Waals surface area (Å²) in [7, 11) is -4.02. The lowest BCUT2D eigenvalue weighted by Gasteiger charge is -2.38. The fraction of sp³-hybridized carbons (Fsp3) is 1.00. The molecule has 0 amide bonds. The standard InChI is InChI=1S/C9H21O6P2Si/c1-5-12-16(10,13-6-2)9(18)17(11,14-7-3)15-8-4/h9H,5-8H2,1-4H3. The maximum absolute atomic E-state index is 12.5. The maximum Gasteiger partial charge on any atom is 0.277 e. The van der Waals surface area contributed by atoms with E-state index in [0.717, 1.165) is 0 Å². The summed E-state index contributed by atoms with van der Waals surface area (Å²) in [4.78, 5) is 25.0. The van der Waals surface area contributed by atoms with Crippen LogP contribution in [-0.4, -0.2) is 41.7 Å². The molecule has 0 bridgehead atoms. The monoisotopic (exact) mass is 315 g/mol. The molecule has 3 radical (unpaired) electrons. The van der Waals surface area contributed by atoms with Gasteiger partial charge in [0.2, 0.25) is 5.02 Å². The molecule has 107 valence electrons. The van der Waals surface area contributed by atoms with Crippen LogP contribution in [-0.2, 0) is 18.1 Å². The van der Waals surface area contributed by atoms with Crippen molar-refractivity contribution in [1.29, 1.82) is 0 Å². The Morgan fingerprint density at radius 3 is 1.17 bits per heavy atom. The molecule has 0 saturated carbocycles. The lowest BCUT2D eigenvalue weighted by atomic mass is 10.9. The van der Waals surface area contributed by atoms with E-state index in [1.165, 1.54) is 0 Å². The molecule has 6 nitrogen and oxygen atoms in total. The molecule has 0 fully saturated rings. The van der Waals surface area contributed by atoms with Gasteiger partial charge in [0.15, 0.2) is 10.2 Å². The number of hydrogen-bond donors (Lipinski definition) is 0. The predicted octanol–water partition coefficient (Wildman–Crippen LogP) is 0.830. The molecule has 0 atom stereocenters. The van der Waals surface area contributed by atoms with Crippen molar-refractivity contribution >= 4 is 26.1 Å². The molecule has 0 heterocycles. The van der Waals surface area contributed by atoms with Gasteiger partial charge >= 0.3 is 0 Å². The second kappa shape index (κ2) is 8.90. The second-order valence-corrected chi connectivity index (χ2v) is 9.31. The van der Waals surface area contributed by atoms with Gasteiger partial charge in [-0.3, -0.25) is 0 Å². The third-order valence-corrected chi connectivity index (χ3v) is 9.10. The summed E-state index contributed by atoms with van der Waals surface area (Å²) >= 11 is 0. The van der Waals surface area contributed by atoms with Crippen molar-refractivity contribution in [3.05, 3.63) is 0 Å². The molecule has 0 aromatic heterocycles. The molecule has 0 aromatic rings. The average Bonchev–Trinajstić information content (AvgIpc) is 2.29. The van der Waals surface area contributed by atoms with Crippen LogP contribution in [0.15, 0.2) is 0 Å². The first-order valence-corrected chi connectivity index (χ1v) is 9.68. The minimum Gasteiger partial charge on any atom is -0.629 e. The summed E-state index contributed by atoms with van der Waals surface area (Å²) in [6, 6.07) is 0. The molecule has 0 N–H and O–H groups in total. The van der Waals surface area contributed by atoms with Crippen molar-refractivity contribution in [2.75, 3.05) is 26.4 Å². The van der Waals surface area contributed by atoms with Gasteiger partial charge in [0.25, 0.3) is 15.9 Å². The van der Waals surface area contributed by atoms with E-state index < -0.39 is 20.9 Å². The fourth-order valence-corrected chi connectivity index (χ4v) is 6.48. The first-order chi connectivity index (χ1) is 8.40. The zero-order valence-corrected chi connectivity index (χ0v) is 14.0. The molecule has 0 rings (SSSR count). The van der Waals surface area contributed by atoms with Crippen LogP contribution in [0.2, 0.25) is 0 Å². The van der Waals surface area contributed by atoms with Gasteiger partial charge in [0.1, 0.15) is 0 Å². The molecule has 0 aromatic carbocycles. The fourth-order valence-electron chi connectivity index (χ4n) is 1.25. The number of rotatable bonds is 10. The summed E-state index contributed by atoms with van der Waals surface area (Å²) in [5.74, 6) is 0. The van der Waals surface area contributed by atoms with Crippen LogP contribution < -0.4 is 9.79 Å². The highest BCUT2D eigenvalue weighted by Gasteiger charge is 2.55. The van der Waals surface area contributed by atoms with Crippen molar-refractivity contribution in [1.82, 2.24) is 0 Å². The second-order valence-electron chi connectivity index (χ2n) is 3.12. The molecule has 0 aliphatic heterocycles. The van der Waals surface area contributed by atoms with Crippen LogP contribution in [0.3, 0.4) is 0 Å². The topological polar surface area (TPSA) is 83.0 Å². The molecule has 0 aliphatic carbocycles.